The Morgan fingerprint density at radius 2 is 2.00 bits per heavy atom. The van der Waals surface area contributed by atoms with E-state index in [1.54, 1.807) is 0 Å². The zero-order valence-corrected chi connectivity index (χ0v) is 11.6. The minimum absolute atomic E-state index is 0.201. The van der Waals surface area contributed by atoms with Crippen LogP contribution in [0.3, 0.4) is 0 Å². The van der Waals surface area contributed by atoms with Crippen molar-refractivity contribution >= 4 is 0 Å². The van der Waals surface area contributed by atoms with Crippen molar-refractivity contribution in [1.82, 2.24) is 4.90 Å². The molecule has 96 valence electrons. The number of hydrogen-bond acceptors (Lipinski definition) is 2. The van der Waals surface area contributed by atoms with Crippen molar-refractivity contribution in [3.05, 3.63) is 35.9 Å². The van der Waals surface area contributed by atoms with Gasteiger partial charge >= 0.3 is 0 Å². The molecule has 0 aromatic heterocycles. The fourth-order valence-corrected chi connectivity index (χ4v) is 3.07. The van der Waals surface area contributed by atoms with Gasteiger partial charge in [-0.15, -0.1) is 0 Å². The first-order valence-corrected chi connectivity index (χ1v) is 6.73. The van der Waals surface area contributed by atoms with Gasteiger partial charge in [-0.1, -0.05) is 37.3 Å². The maximum Gasteiger partial charge on any atom is 0.0697 e. The van der Waals surface area contributed by atoms with Gasteiger partial charge in [0.1, 0.15) is 0 Å². The van der Waals surface area contributed by atoms with Crippen LogP contribution in [0.25, 0.3) is 0 Å². The average Bonchev–Trinajstić information content (AvgIpc) is 2.37. The summed E-state index contributed by atoms with van der Waals surface area (Å²) in [6.45, 7) is 5.46. The first kappa shape index (κ1) is 13.1. The SMILES string of the molecule is C[C@@H]1C[C@@](C#N)(Cc2ccccc2)[C@@H](C)CN1C. The normalized spacial score (nSPS) is 33.0. The summed E-state index contributed by atoms with van der Waals surface area (Å²) in [5, 5.41) is 9.71. The topological polar surface area (TPSA) is 27.0 Å². The molecular weight excluding hydrogens is 220 g/mol. The number of rotatable bonds is 2. The first-order valence-electron chi connectivity index (χ1n) is 6.73. The minimum Gasteiger partial charge on any atom is -0.303 e. The molecule has 1 aromatic rings. The Labute approximate surface area is 110 Å². The lowest BCUT2D eigenvalue weighted by Crippen LogP contribution is -2.49. The number of nitriles is 1. The second-order valence-electron chi connectivity index (χ2n) is 5.82. The highest BCUT2D eigenvalue weighted by molar-refractivity contribution is 5.21. The van der Waals surface area contributed by atoms with Crippen LogP contribution in [0.4, 0.5) is 0 Å². The third-order valence-electron chi connectivity index (χ3n) is 4.50. The maximum atomic E-state index is 9.71. The molecule has 1 aromatic carbocycles. The molecule has 0 radical (unpaired) electrons. The Balaban J connectivity index is 2.23. The lowest BCUT2D eigenvalue weighted by molar-refractivity contribution is 0.0594. The Bertz CT molecular complexity index is 434. The van der Waals surface area contributed by atoms with Crippen molar-refractivity contribution in [2.45, 2.75) is 32.7 Å². The van der Waals surface area contributed by atoms with Crippen molar-refractivity contribution in [2.24, 2.45) is 11.3 Å². The van der Waals surface area contributed by atoms with Crippen LogP contribution in [0.1, 0.15) is 25.8 Å². The second-order valence-corrected chi connectivity index (χ2v) is 5.82. The largest absolute Gasteiger partial charge is 0.303 e. The fraction of sp³-hybridized carbons (Fsp3) is 0.562. The molecule has 1 aliphatic rings. The van der Waals surface area contributed by atoms with Gasteiger partial charge in [-0.2, -0.15) is 5.26 Å². The molecule has 2 nitrogen and oxygen atoms in total. The van der Waals surface area contributed by atoms with Gasteiger partial charge in [-0.3, -0.25) is 0 Å². The van der Waals surface area contributed by atoms with Crippen LogP contribution >= 0.6 is 0 Å². The lowest BCUT2D eigenvalue weighted by atomic mass is 9.66. The van der Waals surface area contributed by atoms with E-state index in [1.807, 2.05) is 6.07 Å². The summed E-state index contributed by atoms with van der Waals surface area (Å²) < 4.78 is 0. The third-order valence-corrected chi connectivity index (χ3v) is 4.50. The Hall–Kier alpha value is -1.33. The van der Waals surface area contributed by atoms with Gasteiger partial charge in [-0.05, 0) is 38.3 Å². The number of hydrogen-bond donors (Lipinski definition) is 0. The van der Waals surface area contributed by atoms with Crippen molar-refractivity contribution in [3.63, 3.8) is 0 Å². The molecular formula is C16H22N2. The van der Waals surface area contributed by atoms with Gasteiger partial charge in [0.2, 0.25) is 0 Å². The zero-order valence-electron chi connectivity index (χ0n) is 11.6. The van der Waals surface area contributed by atoms with Crippen LogP contribution in [-0.2, 0) is 6.42 Å². The average molecular weight is 242 g/mol. The molecule has 1 heterocycles. The summed E-state index contributed by atoms with van der Waals surface area (Å²) in [5.41, 5.74) is 1.08. The molecule has 0 N–H and O–H groups in total. The van der Waals surface area contributed by atoms with Crippen molar-refractivity contribution in [2.75, 3.05) is 13.6 Å². The molecule has 1 fully saturated rings. The summed E-state index contributed by atoms with van der Waals surface area (Å²) in [7, 11) is 2.16. The standard InChI is InChI=1S/C16H22N2/c1-13-11-18(3)14(2)9-16(13,12-17)10-15-7-5-4-6-8-15/h4-8,13-14H,9-11H2,1-3H3/t13-,14+,16-/m0/s1. The van der Waals surface area contributed by atoms with E-state index >= 15 is 0 Å². The first-order chi connectivity index (χ1) is 8.57. The Morgan fingerprint density at radius 3 is 2.61 bits per heavy atom. The van der Waals surface area contributed by atoms with Gasteiger partial charge < -0.3 is 4.90 Å². The summed E-state index contributed by atoms with van der Waals surface area (Å²) >= 11 is 0. The highest BCUT2D eigenvalue weighted by Crippen LogP contribution is 2.41. The van der Waals surface area contributed by atoms with E-state index in [0.717, 1.165) is 19.4 Å². The smallest absolute Gasteiger partial charge is 0.0697 e. The van der Waals surface area contributed by atoms with E-state index < -0.39 is 0 Å². The molecule has 0 amide bonds. The molecule has 1 saturated heterocycles. The monoisotopic (exact) mass is 242 g/mol. The number of nitrogens with zero attached hydrogens (tertiary/aromatic N) is 2. The predicted molar refractivity (Wildman–Crippen MR) is 74.1 cm³/mol. The van der Waals surface area contributed by atoms with E-state index in [9.17, 15) is 5.26 Å². The molecule has 0 bridgehead atoms. The van der Waals surface area contributed by atoms with E-state index in [2.05, 4.69) is 56.1 Å². The molecule has 0 unspecified atom stereocenters. The second kappa shape index (κ2) is 5.12. The lowest BCUT2D eigenvalue weighted by Gasteiger charge is -2.45. The van der Waals surface area contributed by atoms with E-state index in [-0.39, 0.29) is 5.41 Å². The van der Waals surface area contributed by atoms with Gasteiger partial charge in [-0.25, -0.2) is 0 Å². The number of piperidine rings is 1. The summed E-state index contributed by atoms with van der Waals surface area (Å²) in [6.07, 6.45) is 1.85. The van der Waals surface area contributed by atoms with Crippen LogP contribution in [0.2, 0.25) is 0 Å². The van der Waals surface area contributed by atoms with Crippen molar-refractivity contribution in [3.8, 4) is 6.07 Å². The molecule has 1 aliphatic heterocycles. The molecule has 18 heavy (non-hydrogen) atoms. The highest BCUT2D eigenvalue weighted by Gasteiger charge is 2.42. The van der Waals surface area contributed by atoms with Crippen LogP contribution < -0.4 is 0 Å². The van der Waals surface area contributed by atoms with Crippen LogP contribution in [0.15, 0.2) is 30.3 Å². The van der Waals surface area contributed by atoms with Crippen molar-refractivity contribution < 1.29 is 0 Å². The van der Waals surface area contributed by atoms with Gasteiger partial charge in [0.15, 0.2) is 0 Å². The highest BCUT2D eigenvalue weighted by atomic mass is 15.1. The number of benzene rings is 1. The van der Waals surface area contributed by atoms with Gasteiger partial charge in [0.05, 0.1) is 11.5 Å². The van der Waals surface area contributed by atoms with Crippen LogP contribution in [-0.4, -0.2) is 24.5 Å². The summed E-state index contributed by atoms with van der Waals surface area (Å²) in [5.74, 6) is 0.420. The quantitative estimate of drug-likeness (QED) is 0.797. The molecule has 0 aliphatic carbocycles. The summed E-state index contributed by atoms with van der Waals surface area (Å²) in [6, 6.07) is 13.5. The van der Waals surface area contributed by atoms with Crippen LogP contribution in [0.5, 0.6) is 0 Å². The maximum absolute atomic E-state index is 9.71. The molecule has 0 saturated carbocycles. The third kappa shape index (κ3) is 2.42. The Morgan fingerprint density at radius 1 is 1.33 bits per heavy atom. The fourth-order valence-electron chi connectivity index (χ4n) is 3.07. The van der Waals surface area contributed by atoms with E-state index in [0.29, 0.717) is 12.0 Å². The number of likely N-dealkylation sites (tertiary alicyclic amines) is 1. The zero-order chi connectivity index (χ0) is 13.2. The molecule has 3 atom stereocenters. The molecule has 2 rings (SSSR count). The summed E-state index contributed by atoms with van der Waals surface area (Å²) in [4.78, 5) is 2.37. The van der Waals surface area contributed by atoms with Crippen molar-refractivity contribution in [1.29, 1.82) is 5.26 Å². The minimum atomic E-state index is -0.201. The van der Waals surface area contributed by atoms with Gasteiger partial charge in [0.25, 0.3) is 0 Å². The van der Waals surface area contributed by atoms with E-state index in [1.165, 1.54) is 5.56 Å². The Kier molecular flexibility index (Phi) is 3.73. The van der Waals surface area contributed by atoms with Crippen LogP contribution in [0, 0.1) is 22.7 Å². The molecule has 2 heteroatoms. The predicted octanol–water partition coefficient (Wildman–Crippen LogP) is 3.10. The molecule has 0 spiro atoms. The van der Waals surface area contributed by atoms with E-state index in [4.69, 9.17) is 0 Å². The van der Waals surface area contributed by atoms with Gasteiger partial charge in [0, 0.05) is 12.6 Å².